The molecule has 0 aromatic carbocycles. The zero-order valence-corrected chi connectivity index (χ0v) is 9.59. The Morgan fingerprint density at radius 2 is 2.13 bits per heavy atom. The third-order valence-electron chi connectivity index (χ3n) is 2.96. The Morgan fingerprint density at radius 1 is 1.53 bits per heavy atom. The van der Waals surface area contributed by atoms with Crippen LogP contribution >= 0.6 is 0 Å². The lowest BCUT2D eigenvalue weighted by Crippen LogP contribution is -2.45. The average Bonchev–Trinajstić information content (AvgIpc) is 2.63. The second-order valence-corrected chi connectivity index (χ2v) is 4.32. The highest BCUT2D eigenvalue weighted by atomic mass is 19.1. The smallest absolute Gasteiger partial charge is 0.234 e. The van der Waals surface area contributed by atoms with E-state index in [1.165, 1.54) is 0 Å². The average molecular weight is 214 g/mol. The molecule has 0 aliphatic carbocycles. The van der Waals surface area contributed by atoms with Crippen molar-refractivity contribution in [3.05, 3.63) is 11.4 Å². The van der Waals surface area contributed by atoms with Gasteiger partial charge in [0.2, 0.25) is 5.91 Å². The van der Waals surface area contributed by atoms with Crippen LogP contribution in [0, 0.1) is 0 Å². The van der Waals surface area contributed by atoms with Gasteiger partial charge in [-0.2, -0.15) is 0 Å². The van der Waals surface area contributed by atoms with Gasteiger partial charge in [0.25, 0.3) is 0 Å². The van der Waals surface area contributed by atoms with Gasteiger partial charge in [-0.3, -0.25) is 9.69 Å². The van der Waals surface area contributed by atoms with Crippen LogP contribution in [0.15, 0.2) is 11.4 Å². The van der Waals surface area contributed by atoms with Crippen molar-refractivity contribution in [2.75, 3.05) is 6.54 Å². The van der Waals surface area contributed by atoms with E-state index >= 15 is 0 Å². The molecule has 2 atom stereocenters. The number of allylic oxidation sites excluding steroid dienone is 1. The number of likely N-dealkylation sites (tertiary alicyclic amines) is 1. The van der Waals surface area contributed by atoms with Crippen LogP contribution in [0.2, 0.25) is 0 Å². The number of halogens is 1. The van der Waals surface area contributed by atoms with Crippen molar-refractivity contribution in [1.82, 2.24) is 4.90 Å². The van der Waals surface area contributed by atoms with Gasteiger partial charge < -0.3 is 5.73 Å². The largest absolute Gasteiger partial charge is 0.368 e. The van der Waals surface area contributed by atoms with E-state index < -0.39 is 0 Å². The van der Waals surface area contributed by atoms with E-state index in [0.717, 1.165) is 19.4 Å². The summed E-state index contributed by atoms with van der Waals surface area (Å²) in [6.45, 7) is 6.00. The lowest BCUT2D eigenvalue weighted by Gasteiger charge is -2.28. The molecule has 2 N–H and O–H groups in total. The number of nitrogens with two attached hydrogens (primary N) is 1. The van der Waals surface area contributed by atoms with Crippen LogP contribution in [0.4, 0.5) is 4.39 Å². The summed E-state index contributed by atoms with van der Waals surface area (Å²) in [4.78, 5) is 13.0. The zero-order chi connectivity index (χ0) is 11.6. The molecular formula is C11H19FN2O. The van der Waals surface area contributed by atoms with Gasteiger partial charge in [-0.15, -0.1) is 0 Å². The molecule has 0 aromatic heterocycles. The number of hydrogen-bond acceptors (Lipinski definition) is 2. The van der Waals surface area contributed by atoms with Gasteiger partial charge in [0.1, 0.15) is 5.83 Å². The molecule has 1 aliphatic rings. The van der Waals surface area contributed by atoms with Gasteiger partial charge in [0.05, 0.1) is 12.1 Å². The van der Waals surface area contributed by atoms with Crippen LogP contribution in [0.1, 0.15) is 33.6 Å². The Balaban J connectivity index is 2.79. The Bertz CT molecular complexity index is 284. The molecule has 0 aromatic rings. The van der Waals surface area contributed by atoms with Gasteiger partial charge >= 0.3 is 0 Å². The standard InChI is InChI=1S/C11H19FN2O/c1-7(2)10(12)8(3)14-6-4-5-9(14)11(13)15/h8-9H,4-6H2,1-3H3,(H2,13,15)/t8-,9?/m0/s1. The van der Waals surface area contributed by atoms with E-state index in [1.54, 1.807) is 20.8 Å². The molecule has 1 heterocycles. The first-order valence-electron chi connectivity index (χ1n) is 5.33. The quantitative estimate of drug-likeness (QED) is 0.775. The summed E-state index contributed by atoms with van der Waals surface area (Å²) < 4.78 is 13.7. The number of carbonyl (C=O) groups is 1. The topological polar surface area (TPSA) is 46.3 Å². The highest BCUT2D eigenvalue weighted by molar-refractivity contribution is 5.80. The maximum atomic E-state index is 13.7. The maximum Gasteiger partial charge on any atom is 0.234 e. The second kappa shape index (κ2) is 4.75. The van der Waals surface area contributed by atoms with Crippen LogP contribution in [-0.4, -0.2) is 29.4 Å². The number of amides is 1. The third kappa shape index (κ3) is 2.56. The van der Waals surface area contributed by atoms with Crippen molar-refractivity contribution >= 4 is 5.91 Å². The minimum atomic E-state index is -0.346. The van der Waals surface area contributed by atoms with Crippen LogP contribution in [0.25, 0.3) is 0 Å². The molecule has 1 amide bonds. The fourth-order valence-electron chi connectivity index (χ4n) is 2.12. The summed E-state index contributed by atoms with van der Waals surface area (Å²) in [5, 5.41) is 0. The summed E-state index contributed by atoms with van der Waals surface area (Å²) in [6.07, 6.45) is 1.66. The van der Waals surface area contributed by atoms with Gasteiger partial charge in [0, 0.05) is 0 Å². The third-order valence-corrected chi connectivity index (χ3v) is 2.96. The molecule has 1 fully saturated rings. The van der Waals surface area contributed by atoms with Gasteiger partial charge in [-0.1, -0.05) is 0 Å². The molecule has 0 spiro atoms. The zero-order valence-electron chi connectivity index (χ0n) is 9.59. The summed E-state index contributed by atoms with van der Waals surface area (Å²) in [7, 11) is 0. The van der Waals surface area contributed by atoms with E-state index in [-0.39, 0.29) is 23.8 Å². The number of rotatable bonds is 3. The van der Waals surface area contributed by atoms with E-state index in [4.69, 9.17) is 5.73 Å². The first kappa shape index (κ1) is 12.2. The monoisotopic (exact) mass is 214 g/mol. The van der Waals surface area contributed by atoms with E-state index in [9.17, 15) is 9.18 Å². The minimum absolute atomic E-state index is 0.150. The highest BCUT2D eigenvalue weighted by Gasteiger charge is 2.34. The molecule has 0 bridgehead atoms. The van der Waals surface area contributed by atoms with Gasteiger partial charge in [-0.25, -0.2) is 4.39 Å². The first-order valence-corrected chi connectivity index (χ1v) is 5.33. The molecule has 15 heavy (non-hydrogen) atoms. The van der Waals surface area contributed by atoms with Crippen LogP contribution in [0.5, 0.6) is 0 Å². The fraction of sp³-hybridized carbons (Fsp3) is 0.727. The molecule has 86 valence electrons. The molecule has 0 saturated carbocycles. The van der Waals surface area contributed by atoms with Crippen LogP contribution < -0.4 is 5.73 Å². The first-order chi connectivity index (χ1) is 6.95. The Morgan fingerprint density at radius 3 is 2.60 bits per heavy atom. The Hall–Kier alpha value is -0.900. The van der Waals surface area contributed by atoms with Crippen molar-refractivity contribution < 1.29 is 9.18 Å². The predicted octanol–water partition coefficient (Wildman–Crippen LogP) is 1.59. The Kier molecular flexibility index (Phi) is 3.85. The van der Waals surface area contributed by atoms with Crippen molar-refractivity contribution in [2.45, 2.75) is 45.7 Å². The maximum absolute atomic E-state index is 13.7. The van der Waals surface area contributed by atoms with E-state index in [1.807, 2.05) is 4.90 Å². The summed E-state index contributed by atoms with van der Waals surface area (Å²) in [5.74, 6) is -0.496. The molecule has 4 heteroatoms. The lowest BCUT2D eigenvalue weighted by molar-refractivity contribution is -0.122. The number of primary amides is 1. The second-order valence-electron chi connectivity index (χ2n) is 4.32. The Labute approximate surface area is 90.1 Å². The number of carbonyl (C=O) groups excluding carboxylic acids is 1. The van der Waals surface area contributed by atoms with Crippen LogP contribution in [0.3, 0.4) is 0 Å². The van der Waals surface area contributed by atoms with Crippen LogP contribution in [-0.2, 0) is 4.79 Å². The molecule has 1 aliphatic heterocycles. The molecule has 1 saturated heterocycles. The number of nitrogens with zero attached hydrogens (tertiary/aromatic N) is 1. The normalized spacial score (nSPS) is 23.9. The summed E-state index contributed by atoms with van der Waals surface area (Å²) in [6, 6.07) is -0.639. The van der Waals surface area contributed by atoms with Crippen molar-refractivity contribution in [1.29, 1.82) is 0 Å². The van der Waals surface area contributed by atoms with Crippen molar-refractivity contribution in [2.24, 2.45) is 5.73 Å². The summed E-state index contributed by atoms with van der Waals surface area (Å²) in [5.41, 5.74) is 5.95. The molecule has 1 unspecified atom stereocenters. The minimum Gasteiger partial charge on any atom is -0.368 e. The lowest BCUT2D eigenvalue weighted by atomic mass is 10.1. The van der Waals surface area contributed by atoms with E-state index in [2.05, 4.69) is 0 Å². The SMILES string of the molecule is CC(C)=C(F)[C@H](C)N1CCCC1C(N)=O. The highest BCUT2D eigenvalue weighted by Crippen LogP contribution is 2.25. The molecule has 3 nitrogen and oxygen atoms in total. The van der Waals surface area contributed by atoms with Gasteiger partial charge in [-0.05, 0) is 45.7 Å². The van der Waals surface area contributed by atoms with Crippen molar-refractivity contribution in [3.63, 3.8) is 0 Å². The number of hydrogen-bond donors (Lipinski definition) is 1. The van der Waals surface area contributed by atoms with Gasteiger partial charge in [0.15, 0.2) is 0 Å². The predicted molar refractivity (Wildman–Crippen MR) is 57.9 cm³/mol. The fourth-order valence-corrected chi connectivity index (χ4v) is 2.12. The molecular weight excluding hydrogens is 195 g/mol. The van der Waals surface area contributed by atoms with Crippen molar-refractivity contribution in [3.8, 4) is 0 Å². The molecule has 0 radical (unpaired) electrons. The molecule has 1 rings (SSSR count). The van der Waals surface area contributed by atoms with E-state index in [0.29, 0.717) is 5.57 Å². The summed E-state index contributed by atoms with van der Waals surface area (Å²) >= 11 is 0.